The molecule has 2 heteroatoms. The van der Waals surface area contributed by atoms with E-state index in [0.717, 1.165) is 6.42 Å². The molecule has 2 nitrogen and oxygen atoms in total. The fraction of sp³-hybridized carbons (Fsp3) is 0.727. The quantitative estimate of drug-likeness (QED) is 0.485. The molecule has 0 fully saturated rings. The van der Waals surface area contributed by atoms with E-state index in [4.69, 9.17) is 4.74 Å². The van der Waals surface area contributed by atoms with E-state index in [-0.39, 0.29) is 12.1 Å². The minimum absolute atomic E-state index is 0.0181. The Morgan fingerprint density at radius 1 is 1.46 bits per heavy atom. The lowest BCUT2D eigenvalue weighted by Gasteiger charge is -2.25. The van der Waals surface area contributed by atoms with Crippen LogP contribution in [0.15, 0.2) is 12.7 Å². The Balaban J connectivity index is 4.12. The van der Waals surface area contributed by atoms with Gasteiger partial charge in [-0.15, -0.1) is 0 Å². The summed E-state index contributed by atoms with van der Waals surface area (Å²) in [6.07, 6.45) is 2.22. The summed E-state index contributed by atoms with van der Waals surface area (Å²) in [5.41, 5.74) is 0. The zero-order valence-electron chi connectivity index (χ0n) is 9.04. The van der Waals surface area contributed by atoms with Gasteiger partial charge in [0.1, 0.15) is 6.10 Å². The van der Waals surface area contributed by atoms with Crippen LogP contribution in [0.4, 0.5) is 0 Å². The van der Waals surface area contributed by atoms with Crippen molar-refractivity contribution < 1.29 is 9.53 Å². The van der Waals surface area contributed by atoms with Gasteiger partial charge in [0.25, 0.3) is 0 Å². The van der Waals surface area contributed by atoms with Crippen molar-refractivity contribution in [2.75, 3.05) is 0 Å². The van der Waals surface area contributed by atoms with Crippen molar-refractivity contribution in [2.45, 2.75) is 40.2 Å². The van der Waals surface area contributed by atoms with Crippen LogP contribution in [0.5, 0.6) is 0 Å². The molecule has 0 saturated heterocycles. The molecule has 0 saturated carbocycles. The average Bonchev–Trinajstić information content (AvgIpc) is 2.04. The monoisotopic (exact) mass is 184 g/mol. The fourth-order valence-corrected chi connectivity index (χ4v) is 1.66. The Hall–Kier alpha value is -0.790. The van der Waals surface area contributed by atoms with E-state index in [2.05, 4.69) is 27.4 Å². The summed E-state index contributed by atoms with van der Waals surface area (Å²) in [6, 6.07) is 0. The van der Waals surface area contributed by atoms with Crippen molar-refractivity contribution in [1.82, 2.24) is 0 Å². The van der Waals surface area contributed by atoms with Crippen molar-refractivity contribution in [2.24, 2.45) is 11.8 Å². The highest BCUT2D eigenvalue weighted by molar-refractivity contribution is 5.81. The maximum atomic E-state index is 10.9. The van der Waals surface area contributed by atoms with Gasteiger partial charge in [-0.1, -0.05) is 27.4 Å². The number of carbonyl (C=O) groups excluding carboxylic acids is 1. The molecule has 0 aromatic rings. The van der Waals surface area contributed by atoms with Crippen LogP contribution in [0, 0.1) is 11.8 Å². The Morgan fingerprint density at radius 3 is 2.31 bits per heavy atom. The van der Waals surface area contributed by atoms with Crippen LogP contribution in [0.25, 0.3) is 0 Å². The third kappa shape index (κ3) is 4.11. The van der Waals surface area contributed by atoms with E-state index in [9.17, 15) is 4.79 Å². The van der Waals surface area contributed by atoms with E-state index in [1.54, 1.807) is 0 Å². The van der Waals surface area contributed by atoms with Crippen LogP contribution in [0.1, 0.15) is 34.1 Å². The lowest BCUT2D eigenvalue weighted by Crippen LogP contribution is -2.26. The molecule has 0 radical (unpaired) electrons. The summed E-state index contributed by atoms with van der Waals surface area (Å²) in [7, 11) is 0. The van der Waals surface area contributed by atoms with Crippen LogP contribution in [-0.4, -0.2) is 12.1 Å². The number of carbonyl (C=O) groups is 1. The van der Waals surface area contributed by atoms with Crippen molar-refractivity contribution in [1.29, 1.82) is 0 Å². The zero-order valence-corrected chi connectivity index (χ0v) is 9.04. The predicted molar refractivity (Wildman–Crippen MR) is 54.4 cm³/mol. The topological polar surface area (TPSA) is 26.3 Å². The minimum atomic E-state index is -0.327. The van der Waals surface area contributed by atoms with Gasteiger partial charge in [-0.2, -0.15) is 0 Å². The Labute approximate surface area is 81.0 Å². The number of hydrogen-bond acceptors (Lipinski definition) is 2. The fourth-order valence-electron chi connectivity index (χ4n) is 1.66. The van der Waals surface area contributed by atoms with Crippen LogP contribution < -0.4 is 0 Å². The van der Waals surface area contributed by atoms with Crippen molar-refractivity contribution in [3.05, 3.63) is 12.7 Å². The zero-order chi connectivity index (χ0) is 10.4. The van der Waals surface area contributed by atoms with E-state index < -0.39 is 0 Å². The molecule has 0 aromatic heterocycles. The maximum absolute atomic E-state index is 10.9. The molecule has 0 N–H and O–H groups in total. The molecule has 0 amide bonds. The van der Waals surface area contributed by atoms with Gasteiger partial charge in [-0.05, 0) is 25.2 Å². The highest BCUT2D eigenvalue weighted by atomic mass is 16.5. The molecule has 2 atom stereocenters. The van der Waals surface area contributed by atoms with Crippen molar-refractivity contribution >= 4 is 5.97 Å². The van der Waals surface area contributed by atoms with Gasteiger partial charge in [-0.3, -0.25) is 0 Å². The first-order valence-electron chi connectivity index (χ1n) is 4.85. The SMILES string of the molecule is C=CC(=O)OC(C)C(CC)C(C)C. The normalized spacial score (nSPS) is 15.2. The standard InChI is InChI=1S/C11H20O2/c1-6-10(8(3)4)9(5)13-11(12)7-2/h7-10H,2,6H2,1,3-5H3. The summed E-state index contributed by atoms with van der Waals surface area (Å²) in [5, 5.41) is 0. The van der Waals surface area contributed by atoms with E-state index in [1.807, 2.05) is 6.92 Å². The first-order valence-corrected chi connectivity index (χ1v) is 4.85. The Kier molecular flexibility index (Phi) is 5.44. The number of rotatable bonds is 5. The Morgan fingerprint density at radius 2 is 2.00 bits per heavy atom. The molecule has 0 heterocycles. The summed E-state index contributed by atoms with van der Waals surface area (Å²) in [4.78, 5) is 10.9. The number of esters is 1. The minimum Gasteiger partial charge on any atom is -0.459 e. The second-order valence-corrected chi connectivity index (χ2v) is 3.66. The molecular formula is C11H20O2. The summed E-state index contributed by atoms with van der Waals surface area (Å²) < 4.78 is 5.16. The predicted octanol–water partition coefficient (Wildman–Crippen LogP) is 2.79. The van der Waals surface area contributed by atoms with E-state index in [1.165, 1.54) is 6.08 Å². The van der Waals surface area contributed by atoms with Gasteiger partial charge >= 0.3 is 5.97 Å². The van der Waals surface area contributed by atoms with Gasteiger partial charge in [0.2, 0.25) is 0 Å². The molecule has 2 unspecified atom stereocenters. The Bertz CT molecular complexity index is 173. The molecule has 0 aromatic carbocycles. The lowest BCUT2D eigenvalue weighted by molar-refractivity contribution is -0.145. The molecule has 0 bridgehead atoms. The smallest absolute Gasteiger partial charge is 0.330 e. The highest BCUT2D eigenvalue weighted by Crippen LogP contribution is 2.21. The van der Waals surface area contributed by atoms with Gasteiger partial charge in [0, 0.05) is 6.08 Å². The summed E-state index contributed by atoms with van der Waals surface area (Å²) in [5.74, 6) is 0.646. The van der Waals surface area contributed by atoms with Gasteiger partial charge < -0.3 is 4.74 Å². The van der Waals surface area contributed by atoms with Gasteiger partial charge in [0.05, 0.1) is 0 Å². The second-order valence-electron chi connectivity index (χ2n) is 3.66. The third-order valence-corrected chi connectivity index (χ3v) is 2.40. The van der Waals surface area contributed by atoms with Gasteiger partial charge in [0.15, 0.2) is 0 Å². The van der Waals surface area contributed by atoms with Gasteiger partial charge in [-0.25, -0.2) is 4.79 Å². The summed E-state index contributed by atoms with van der Waals surface area (Å²) in [6.45, 7) is 11.7. The third-order valence-electron chi connectivity index (χ3n) is 2.40. The molecule has 0 rings (SSSR count). The van der Waals surface area contributed by atoms with Crippen LogP contribution in [-0.2, 0) is 9.53 Å². The van der Waals surface area contributed by atoms with Crippen LogP contribution >= 0.6 is 0 Å². The maximum Gasteiger partial charge on any atom is 0.330 e. The van der Waals surface area contributed by atoms with Crippen molar-refractivity contribution in [3.63, 3.8) is 0 Å². The molecule has 0 aliphatic rings. The second kappa shape index (κ2) is 5.79. The number of hydrogen-bond donors (Lipinski definition) is 0. The van der Waals surface area contributed by atoms with E-state index >= 15 is 0 Å². The molecular weight excluding hydrogens is 164 g/mol. The highest BCUT2D eigenvalue weighted by Gasteiger charge is 2.21. The molecule has 0 spiro atoms. The molecule has 76 valence electrons. The number of ether oxygens (including phenoxy) is 1. The van der Waals surface area contributed by atoms with Crippen molar-refractivity contribution in [3.8, 4) is 0 Å². The molecule has 0 aliphatic heterocycles. The van der Waals surface area contributed by atoms with Crippen LogP contribution in [0.2, 0.25) is 0 Å². The van der Waals surface area contributed by atoms with E-state index in [0.29, 0.717) is 11.8 Å². The first-order chi connectivity index (χ1) is 6.02. The summed E-state index contributed by atoms with van der Waals surface area (Å²) >= 11 is 0. The largest absolute Gasteiger partial charge is 0.459 e. The van der Waals surface area contributed by atoms with Crippen LogP contribution in [0.3, 0.4) is 0 Å². The molecule has 13 heavy (non-hydrogen) atoms. The first kappa shape index (κ1) is 12.2. The average molecular weight is 184 g/mol. The molecule has 0 aliphatic carbocycles. The lowest BCUT2D eigenvalue weighted by atomic mass is 9.89.